The summed E-state index contributed by atoms with van der Waals surface area (Å²) >= 11 is 9.04. The minimum absolute atomic E-state index is 0.0349. The molecule has 0 spiro atoms. The molecule has 106 valence electrons. The third-order valence-electron chi connectivity index (χ3n) is 3.20. The van der Waals surface area contributed by atoms with Crippen LogP contribution in [0.1, 0.15) is 23.1 Å². The number of hydrogen-bond donors (Lipinski definition) is 2. The van der Waals surface area contributed by atoms with Crippen LogP contribution >= 0.6 is 27.5 Å². The molecule has 2 atom stereocenters. The van der Waals surface area contributed by atoms with E-state index in [2.05, 4.69) is 15.9 Å². The van der Waals surface area contributed by atoms with E-state index in [4.69, 9.17) is 17.3 Å². The van der Waals surface area contributed by atoms with Crippen molar-refractivity contribution in [3.05, 3.63) is 68.9 Å². The van der Waals surface area contributed by atoms with Gasteiger partial charge in [-0.25, -0.2) is 4.39 Å². The molecule has 0 radical (unpaired) electrons. The molecule has 2 aromatic carbocycles. The Balaban J connectivity index is 2.33. The van der Waals surface area contributed by atoms with Crippen LogP contribution in [-0.2, 0) is 0 Å². The molecule has 0 aromatic heterocycles. The average molecular weight is 359 g/mol. The number of halogens is 3. The zero-order chi connectivity index (χ0) is 14.7. The molecule has 0 amide bonds. The summed E-state index contributed by atoms with van der Waals surface area (Å²) in [5.41, 5.74) is 7.12. The fourth-order valence-electron chi connectivity index (χ4n) is 2.11. The van der Waals surface area contributed by atoms with Crippen LogP contribution in [-0.4, -0.2) is 11.7 Å². The lowest BCUT2D eigenvalue weighted by Crippen LogP contribution is -2.20. The van der Waals surface area contributed by atoms with Crippen molar-refractivity contribution in [3.8, 4) is 0 Å². The molecule has 2 nitrogen and oxygen atoms in total. The van der Waals surface area contributed by atoms with Gasteiger partial charge in [-0.15, -0.1) is 0 Å². The molecule has 0 bridgehead atoms. The van der Waals surface area contributed by atoms with Gasteiger partial charge in [0, 0.05) is 16.9 Å². The largest absolute Gasteiger partial charge is 0.388 e. The molecule has 0 aliphatic rings. The first-order valence-corrected chi connectivity index (χ1v) is 7.28. The summed E-state index contributed by atoms with van der Waals surface area (Å²) in [5, 5.41) is 10.5. The Hall–Kier alpha value is -0.940. The van der Waals surface area contributed by atoms with Crippen LogP contribution in [0.4, 0.5) is 4.39 Å². The predicted molar refractivity (Wildman–Crippen MR) is 82.3 cm³/mol. The smallest absolute Gasteiger partial charge is 0.142 e. The predicted octanol–water partition coefficient (Wildman–Crippen LogP) is 4.02. The molecule has 2 unspecified atom stereocenters. The van der Waals surface area contributed by atoms with E-state index in [1.807, 2.05) is 24.3 Å². The summed E-state index contributed by atoms with van der Waals surface area (Å²) < 4.78 is 14.4. The Labute approximate surface area is 130 Å². The van der Waals surface area contributed by atoms with Gasteiger partial charge in [0.15, 0.2) is 0 Å². The van der Waals surface area contributed by atoms with Crippen LogP contribution in [0.2, 0.25) is 5.02 Å². The van der Waals surface area contributed by atoms with Crippen LogP contribution < -0.4 is 5.73 Å². The molecule has 5 heteroatoms. The van der Waals surface area contributed by atoms with E-state index in [1.54, 1.807) is 6.07 Å². The Morgan fingerprint density at radius 2 is 1.95 bits per heavy atom. The van der Waals surface area contributed by atoms with Gasteiger partial charge >= 0.3 is 0 Å². The van der Waals surface area contributed by atoms with Crippen molar-refractivity contribution < 1.29 is 9.50 Å². The van der Waals surface area contributed by atoms with Gasteiger partial charge in [-0.3, -0.25) is 0 Å². The molecule has 2 rings (SSSR count). The summed E-state index contributed by atoms with van der Waals surface area (Å²) in [6, 6.07) is 11.8. The number of aliphatic hydroxyl groups excluding tert-OH is 1. The third kappa shape index (κ3) is 3.38. The van der Waals surface area contributed by atoms with E-state index in [0.29, 0.717) is 5.56 Å². The van der Waals surface area contributed by atoms with Crippen LogP contribution in [0, 0.1) is 5.82 Å². The highest BCUT2D eigenvalue weighted by molar-refractivity contribution is 9.10. The van der Waals surface area contributed by atoms with Crippen molar-refractivity contribution in [2.75, 3.05) is 6.54 Å². The fraction of sp³-hybridized carbons (Fsp3) is 0.200. The lowest BCUT2D eigenvalue weighted by atomic mass is 9.89. The van der Waals surface area contributed by atoms with Gasteiger partial charge in [-0.05, 0) is 35.4 Å². The van der Waals surface area contributed by atoms with Gasteiger partial charge in [0.1, 0.15) is 5.82 Å². The van der Waals surface area contributed by atoms with Gasteiger partial charge < -0.3 is 10.8 Å². The van der Waals surface area contributed by atoms with E-state index in [0.717, 1.165) is 10.0 Å². The average Bonchev–Trinajstić information content (AvgIpc) is 2.42. The van der Waals surface area contributed by atoms with E-state index in [1.165, 1.54) is 12.1 Å². The number of rotatable bonds is 4. The van der Waals surface area contributed by atoms with Gasteiger partial charge in [0.05, 0.1) is 11.1 Å². The topological polar surface area (TPSA) is 46.2 Å². The maximum Gasteiger partial charge on any atom is 0.142 e. The first kappa shape index (κ1) is 15.4. The molecule has 20 heavy (non-hydrogen) atoms. The SMILES string of the molecule is NCC(c1cccc(Br)c1)C(O)c1ccc(Cl)c(F)c1. The van der Waals surface area contributed by atoms with Crippen molar-refractivity contribution in [3.63, 3.8) is 0 Å². The van der Waals surface area contributed by atoms with Crippen molar-refractivity contribution in [1.29, 1.82) is 0 Å². The zero-order valence-corrected chi connectivity index (χ0v) is 12.9. The lowest BCUT2D eigenvalue weighted by molar-refractivity contribution is 0.147. The van der Waals surface area contributed by atoms with Gasteiger partial charge in [0.25, 0.3) is 0 Å². The molecule has 0 aliphatic heterocycles. The highest BCUT2D eigenvalue weighted by atomic mass is 79.9. The molecule has 0 saturated carbocycles. The van der Waals surface area contributed by atoms with Gasteiger partial charge in [-0.1, -0.05) is 45.7 Å². The lowest BCUT2D eigenvalue weighted by Gasteiger charge is -2.22. The van der Waals surface area contributed by atoms with Gasteiger partial charge in [-0.2, -0.15) is 0 Å². The molecule has 2 aromatic rings. The third-order valence-corrected chi connectivity index (χ3v) is 4.00. The van der Waals surface area contributed by atoms with Gasteiger partial charge in [0.2, 0.25) is 0 Å². The van der Waals surface area contributed by atoms with Crippen LogP contribution in [0.15, 0.2) is 46.9 Å². The minimum atomic E-state index is -0.888. The van der Waals surface area contributed by atoms with Crippen molar-refractivity contribution in [2.24, 2.45) is 5.73 Å². The molecule has 0 saturated heterocycles. The number of nitrogens with two attached hydrogens (primary N) is 1. The fourth-order valence-corrected chi connectivity index (χ4v) is 2.65. The Morgan fingerprint density at radius 3 is 2.55 bits per heavy atom. The second-order valence-corrected chi connectivity index (χ2v) is 5.84. The maximum atomic E-state index is 13.5. The second kappa shape index (κ2) is 6.68. The number of hydrogen-bond acceptors (Lipinski definition) is 2. The number of benzene rings is 2. The molecule has 3 N–H and O–H groups in total. The van der Waals surface area contributed by atoms with E-state index < -0.39 is 11.9 Å². The highest BCUT2D eigenvalue weighted by Gasteiger charge is 2.22. The summed E-state index contributed by atoms with van der Waals surface area (Å²) in [5.74, 6) is -0.860. The first-order valence-electron chi connectivity index (χ1n) is 6.11. The molecule has 0 heterocycles. The van der Waals surface area contributed by atoms with Crippen molar-refractivity contribution in [2.45, 2.75) is 12.0 Å². The second-order valence-electron chi connectivity index (χ2n) is 4.52. The zero-order valence-electron chi connectivity index (χ0n) is 10.6. The van der Waals surface area contributed by atoms with E-state index >= 15 is 0 Å². The molecule has 0 fully saturated rings. The Kier molecular flexibility index (Phi) is 5.16. The van der Waals surface area contributed by atoms with E-state index in [9.17, 15) is 9.50 Å². The molecular weight excluding hydrogens is 345 g/mol. The monoisotopic (exact) mass is 357 g/mol. The Morgan fingerprint density at radius 1 is 1.20 bits per heavy atom. The number of aliphatic hydroxyl groups is 1. The van der Waals surface area contributed by atoms with E-state index in [-0.39, 0.29) is 17.5 Å². The van der Waals surface area contributed by atoms with Crippen LogP contribution in [0.3, 0.4) is 0 Å². The van der Waals surface area contributed by atoms with Crippen LogP contribution in [0.5, 0.6) is 0 Å². The summed E-state index contributed by atoms with van der Waals surface area (Å²) in [6.07, 6.45) is -0.888. The Bertz CT molecular complexity index is 608. The normalized spacial score (nSPS) is 14.1. The summed E-state index contributed by atoms with van der Waals surface area (Å²) in [6.45, 7) is 0.252. The summed E-state index contributed by atoms with van der Waals surface area (Å²) in [7, 11) is 0. The standard InChI is InChI=1S/C15H14BrClFNO/c16-11-3-1-2-9(6-11)12(8-19)15(20)10-4-5-13(17)14(18)7-10/h1-7,12,15,20H,8,19H2. The molecule has 0 aliphatic carbocycles. The highest BCUT2D eigenvalue weighted by Crippen LogP contribution is 2.32. The minimum Gasteiger partial charge on any atom is -0.388 e. The molecular formula is C15H14BrClFNO. The van der Waals surface area contributed by atoms with Crippen molar-refractivity contribution >= 4 is 27.5 Å². The van der Waals surface area contributed by atoms with Crippen molar-refractivity contribution in [1.82, 2.24) is 0 Å². The quantitative estimate of drug-likeness (QED) is 0.867. The summed E-state index contributed by atoms with van der Waals surface area (Å²) in [4.78, 5) is 0. The maximum absolute atomic E-state index is 13.5. The van der Waals surface area contributed by atoms with Crippen LogP contribution in [0.25, 0.3) is 0 Å². The first-order chi connectivity index (χ1) is 9.52.